The van der Waals surface area contributed by atoms with Crippen molar-refractivity contribution < 1.29 is 4.79 Å². The van der Waals surface area contributed by atoms with Gasteiger partial charge in [0.2, 0.25) is 5.91 Å². The molecule has 0 aromatic carbocycles. The summed E-state index contributed by atoms with van der Waals surface area (Å²) in [6.45, 7) is 0.890. The molecule has 0 saturated carbocycles. The number of nitrogens with two attached hydrogens (primary N) is 1. The molecular weight excluding hydrogens is 200 g/mol. The molecule has 3 nitrogen and oxygen atoms in total. The molecule has 1 fully saturated rings. The van der Waals surface area contributed by atoms with Gasteiger partial charge in [0, 0.05) is 6.54 Å². The van der Waals surface area contributed by atoms with E-state index in [1.54, 1.807) is 0 Å². The molecule has 0 aromatic heterocycles. The van der Waals surface area contributed by atoms with Gasteiger partial charge in [0.05, 0.1) is 12.1 Å². The number of amides is 1. The van der Waals surface area contributed by atoms with E-state index in [9.17, 15) is 4.79 Å². The van der Waals surface area contributed by atoms with Gasteiger partial charge in [-0.25, -0.2) is 0 Å². The molecule has 2 unspecified atom stereocenters. The van der Waals surface area contributed by atoms with Gasteiger partial charge < -0.3 is 10.6 Å². The van der Waals surface area contributed by atoms with Gasteiger partial charge in [0.1, 0.15) is 0 Å². The zero-order valence-electron chi connectivity index (χ0n) is 9.90. The van der Waals surface area contributed by atoms with Gasteiger partial charge in [-0.15, -0.1) is 0 Å². The lowest BCUT2D eigenvalue weighted by atomic mass is 10.1. The first-order valence-electron chi connectivity index (χ1n) is 6.52. The normalized spacial score (nSPS) is 32.3. The fourth-order valence-corrected chi connectivity index (χ4v) is 2.65. The summed E-state index contributed by atoms with van der Waals surface area (Å²) in [6, 6.07) is 0.0401. The van der Waals surface area contributed by atoms with Crippen molar-refractivity contribution >= 4 is 5.91 Å². The number of rotatable bonds is 1. The van der Waals surface area contributed by atoms with Crippen LogP contribution in [0.4, 0.5) is 0 Å². The molecule has 1 aliphatic heterocycles. The van der Waals surface area contributed by atoms with Crippen LogP contribution in [0.15, 0.2) is 12.2 Å². The molecule has 0 bridgehead atoms. The fourth-order valence-electron chi connectivity index (χ4n) is 2.65. The molecule has 2 rings (SSSR count). The molecule has 0 aromatic rings. The summed E-state index contributed by atoms with van der Waals surface area (Å²) in [5.74, 6) is 0.161. The molecule has 2 aliphatic rings. The summed E-state index contributed by atoms with van der Waals surface area (Å²) in [4.78, 5) is 14.1. The van der Waals surface area contributed by atoms with E-state index in [2.05, 4.69) is 12.2 Å². The maximum absolute atomic E-state index is 12.1. The van der Waals surface area contributed by atoms with Crippen LogP contribution in [0, 0.1) is 0 Å². The highest BCUT2D eigenvalue weighted by Crippen LogP contribution is 2.20. The Morgan fingerprint density at radius 1 is 1.19 bits per heavy atom. The van der Waals surface area contributed by atoms with E-state index in [1.807, 2.05) is 4.90 Å². The molecule has 1 heterocycles. The minimum Gasteiger partial charge on any atom is -0.335 e. The third-order valence-electron chi connectivity index (χ3n) is 3.64. The average molecular weight is 222 g/mol. The number of carbonyl (C=O) groups is 1. The highest BCUT2D eigenvalue weighted by Gasteiger charge is 2.28. The molecule has 90 valence electrons. The number of carbonyl (C=O) groups excluding carboxylic acids is 1. The molecule has 0 radical (unpaired) electrons. The molecule has 2 N–H and O–H groups in total. The standard InChI is InChI=1S/C13H22N2O/c14-12-9-5-6-10-15(13(12)16)11-7-3-1-2-4-8-11/h3,7,11-12H,1-2,4-6,8-10,14H2. The second kappa shape index (κ2) is 5.48. The van der Waals surface area contributed by atoms with Crippen LogP contribution in [0.25, 0.3) is 0 Å². The molecule has 3 heteroatoms. The second-order valence-electron chi connectivity index (χ2n) is 4.91. The van der Waals surface area contributed by atoms with Crippen molar-refractivity contribution in [1.82, 2.24) is 4.90 Å². The van der Waals surface area contributed by atoms with Crippen molar-refractivity contribution in [3.05, 3.63) is 12.2 Å². The Bertz CT molecular complexity index is 275. The summed E-state index contributed by atoms with van der Waals surface area (Å²) >= 11 is 0. The number of allylic oxidation sites excluding steroid dienone is 1. The largest absolute Gasteiger partial charge is 0.335 e. The SMILES string of the molecule is NC1CCCCN(C2C=CCCCC2)C1=O. The smallest absolute Gasteiger partial charge is 0.239 e. The Labute approximate surface area is 97.7 Å². The van der Waals surface area contributed by atoms with Crippen LogP contribution in [0.3, 0.4) is 0 Å². The lowest BCUT2D eigenvalue weighted by molar-refractivity contribution is -0.133. The maximum atomic E-state index is 12.1. The molecule has 0 spiro atoms. The monoisotopic (exact) mass is 222 g/mol. The average Bonchev–Trinajstić information content (AvgIpc) is 2.63. The van der Waals surface area contributed by atoms with Crippen LogP contribution >= 0.6 is 0 Å². The van der Waals surface area contributed by atoms with Crippen molar-refractivity contribution in [3.8, 4) is 0 Å². The van der Waals surface area contributed by atoms with E-state index in [0.29, 0.717) is 6.04 Å². The van der Waals surface area contributed by atoms with E-state index in [0.717, 1.165) is 38.6 Å². The number of likely N-dealkylation sites (tertiary alicyclic amines) is 1. The zero-order valence-corrected chi connectivity index (χ0v) is 9.90. The lowest BCUT2D eigenvalue weighted by Gasteiger charge is -2.29. The molecule has 1 saturated heterocycles. The first kappa shape index (κ1) is 11.6. The zero-order chi connectivity index (χ0) is 11.4. The Morgan fingerprint density at radius 2 is 2.00 bits per heavy atom. The Hall–Kier alpha value is -0.830. The van der Waals surface area contributed by atoms with E-state index < -0.39 is 0 Å². The van der Waals surface area contributed by atoms with Crippen molar-refractivity contribution in [2.24, 2.45) is 5.73 Å². The van der Waals surface area contributed by atoms with E-state index in [-0.39, 0.29) is 11.9 Å². The van der Waals surface area contributed by atoms with Crippen LogP contribution in [0.2, 0.25) is 0 Å². The van der Waals surface area contributed by atoms with Crippen LogP contribution in [-0.4, -0.2) is 29.4 Å². The van der Waals surface area contributed by atoms with Gasteiger partial charge in [0.25, 0.3) is 0 Å². The first-order valence-corrected chi connectivity index (χ1v) is 6.52. The van der Waals surface area contributed by atoms with Gasteiger partial charge in [-0.2, -0.15) is 0 Å². The van der Waals surface area contributed by atoms with Gasteiger partial charge >= 0.3 is 0 Å². The fraction of sp³-hybridized carbons (Fsp3) is 0.769. The summed E-state index contributed by atoms with van der Waals surface area (Å²) in [6.07, 6.45) is 12.2. The predicted molar refractivity (Wildman–Crippen MR) is 64.9 cm³/mol. The highest BCUT2D eigenvalue weighted by atomic mass is 16.2. The Kier molecular flexibility index (Phi) is 3.99. The van der Waals surface area contributed by atoms with Crippen molar-refractivity contribution in [2.45, 2.75) is 57.0 Å². The molecule has 1 amide bonds. The predicted octanol–water partition coefficient (Wildman–Crippen LogP) is 1.82. The minimum atomic E-state index is -0.265. The van der Waals surface area contributed by atoms with Crippen LogP contribution in [0.5, 0.6) is 0 Å². The number of nitrogens with zero attached hydrogens (tertiary/aromatic N) is 1. The van der Waals surface area contributed by atoms with Gasteiger partial charge in [0.15, 0.2) is 0 Å². The van der Waals surface area contributed by atoms with Crippen molar-refractivity contribution in [1.29, 1.82) is 0 Å². The molecule has 16 heavy (non-hydrogen) atoms. The van der Waals surface area contributed by atoms with Gasteiger partial charge in [-0.3, -0.25) is 4.79 Å². The third-order valence-corrected chi connectivity index (χ3v) is 3.64. The van der Waals surface area contributed by atoms with E-state index in [4.69, 9.17) is 5.73 Å². The summed E-state index contributed by atoms with van der Waals surface area (Å²) in [5, 5.41) is 0. The summed E-state index contributed by atoms with van der Waals surface area (Å²) in [7, 11) is 0. The third kappa shape index (κ3) is 2.64. The van der Waals surface area contributed by atoms with Crippen LogP contribution in [0.1, 0.15) is 44.9 Å². The Morgan fingerprint density at radius 3 is 2.88 bits per heavy atom. The minimum absolute atomic E-state index is 0.161. The molecular formula is C13H22N2O. The first-order chi connectivity index (χ1) is 7.79. The summed E-state index contributed by atoms with van der Waals surface area (Å²) < 4.78 is 0. The van der Waals surface area contributed by atoms with Crippen molar-refractivity contribution in [3.63, 3.8) is 0 Å². The van der Waals surface area contributed by atoms with Gasteiger partial charge in [-0.05, 0) is 38.5 Å². The maximum Gasteiger partial charge on any atom is 0.239 e. The lowest BCUT2D eigenvalue weighted by Crippen LogP contribution is -2.46. The quantitative estimate of drug-likeness (QED) is 0.688. The molecule has 1 aliphatic carbocycles. The second-order valence-corrected chi connectivity index (χ2v) is 4.91. The van der Waals surface area contributed by atoms with E-state index in [1.165, 1.54) is 12.8 Å². The Balaban J connectivity index is 2.07. The summed E-state index contributed by atoms with van der Waals surface area (Å²) in [5.41, 5.74) is 5.90. The van der Waals surface area contributed by atoms with E-state index >= 15 is 0 Å². The highest BCUT2D eigenvalue weighted by molar-refractivity contribution is 5.82. The number of hydrogen-bond donors (Lipinski definition) is 1. The van der Waals surface area contributed by atoms with Crippen molar-refractivity contribution in [2.75, 3.05) is 6.54 Å². The van der Waals surface area contributed by atoms with Crippen LogP contribution < -0.4 is 5.73 Å². The van der Waals surface area contributed by atoms with Gasteiger partial charge in [-0.1, -0.05) is 18.6 Å². The topological polar surface area (TPSA) is 46.3 Å². The number of hydrogen-bond acceptors (Lipinski definition) is 2. The molecule has 2 atom stereocenters. The van der Waals surface area contributed by atoms with Crippen LogP contribution in [-0.2, 0) is 4.79 Å².